The molecule has 0 aromatic rings. The van der Waals surface area contributed by atoms with Crippen molar-refractivity contribution in [2.24, 2.45) is 0 Å². The Morgan fingerprint density at radius 3 is 2.82 bits per heavy atom. The average Bonchev–Trinajstić information content (AvgIpc) is 2.34. The van der Waals surface area contributed by atoms with Gasteiger partial charge in [-0.15, -0.1) is 0 Å². The second-order valence-electron chi connectivity index (χ2n) is 1.98. The van der Waals surface area contributed by atoms with E-state index in [9.17, 15) is 19.1 Å². The highest BCUT2D eigenvalue weighted by Gasteiger charge is 2.26. The fourth-order valence-corrected chi connectivity index (χ4v) is 0.678. The van der Waals surface area contributed by atoms with Crippen LogP contribution < -0.4 is 5.11 Å². The monoisotopic (exact) mass is 159 g/mol. The first-order chi connectivity index (χ1) is 5.11. The van der Waals surface area contributed by atoms with Crippen molar-refractivity contribution in [3.63, 3.8) is 0 Å². The lowest BCUT2D eigenvalue weighted by Crippen LogP contribution is -2.40. The Labute approximate surface area is 61.3 Å². The molecule has 0 aromatic carbocycles. The van der Waals surface area contributed by atoms with Crippen LogP contribution in [0.3, 0.4) is 0 Å². The third-order valence-electron chi connectivity index (χ3n) is 1.19. The summed E-state index contributed by atoms with van der Waals surface area (Å²) in [6, 6.07) is 0. The zero-order valence-corrected chi connectivity index (χ0v) is 5.32. The van der Waals surface area contributed by atoms with Crippen molar-refractivity contribution in [3.05, 3.63) is 12.2 Å². The zero-order chi connectivity index (χ0) is 8.43. The fourth-order valence-electron chi connectivity index (χ4n) is 0.678. The standard InChI is InChI=1S/C6H5FO4/c7-5(6(9)10)3-1-2-4(8)11-3/h1-3,5H,(H,9,10)/p-1/t3-,5-/m1/s1. The number of rotatable bonds is 2. The molecule has 1 heterocycles. The highest BCUT2D eigenvalue weighted by Crippen LogP contribution is 2.11. The number of aliphatic carboxylic acids is 1. The minimum absolute atomic E-state index is 0.737. The van der Waals surface area contributed by atoms with E-state index in [1.165, 1.54) is 0 Å². The van der Waals surface area contributed by atoms with Gasteiger partial charge in [-0.25, -0.2) is 9.18 Å². The number of alkyl halides is 1. The topological polar surface area (TPSA) is 66.4 Å². The first-order valence-corrected chi connectivity index (χ1v) is 2.85. The van der Waals surface area contributed by atoms with E-state index in [1.807, 2.05) is 0 Å². The molecule has 0 aromatic heterocycles. The van der Waals surface area contributed by atoms with E-state index in [-0.39, 0.29) is 0 Å². The van der Waals surface area contributed by atoms with Gasteiger partial charge in [0.25, 0.3) is 0 Å². The van der Waals surface area contributed by atoms with Crippen LogP contribution in [0.15, 0.2) is 12.2 Å². The van der Waals surface area contributed by atoms with E-state index in [4.69, 9.17) is 0 Å². The van der Waals surface area contributed by atoms with Gasteiger partial charge in [-0.1, -0.05) is 0 Å². The second-order valence-corrected chi connectivity index (χ2v) is 1.98. The van der Waals surface area contributed by atoms with Crippen LogP contribution in [0.25, 0.3) is 0 Å². The van der Waals surface area contributed by atoms with E-state index in [1.54, 1.807) is 0 Å². The number of carbonyl (C=O) groups excluding carboxylic acids is 2. The van der Waals surface area contributed by atoms with Crippen molar-refractivity contribution in [2.75, 3.05) is 0 Å². The average molecular weight is 159 g/mol. The van der Waals surface area contributed by atoms with E-state index in [0.29, 0.717) is 0 Å². The van der Waals surface area contributed by atoms with E-state index < -0.39 is 24.2 Å². The third-order valence-corrected chi connectivity index (χ3v) is 1.19. The van der Waals surface area contributed by atoms with Crippen molar-refractivity contribution in [2.45, 2.75) is 12.3 Å². The Bertz CT molecular complexity index is 223. The summed E-state index contributed by atoms with van der Waals surface area (Å²) < 4.78 is 16.7. The van der Waals surface area contributed by atoms with Gasteiger partial charge < -0.3 is 14.6 Å². The zero-order valence-electron chi connectivity index (χ0n) is 5.32. The molecule has 1 aliphatic rings. The summed E-state index contributed by atoms with van der Waals surface area (Å²) in [5.41, 5.74) is 0. The van der Waals surface area contributed by atoms with Gasteiger partial charge in [0.15, 0.2) is 12.3 Å². The van der Waals surface area contributed by atoms with E-state index >= 15 is 0 Å². The minimum atomic E-state index is -2.28. The highest BCUT2D eigenvalue weighted by atomic mass is 19.1. The Balaban J connectivity index is 2.57. The first kappa shape index (κ1) is 7.71. The Kier molecular flexibility index (Phi) is 1.89. The van der Waals surface area contributed by atoms with Gasteiger partial charge in [-0.3, -0.25) is 0 Å². The number of cyclic esters (lactones) is 1. The van der Waals surface area contributed by atoms with Gasteiger partial charge in [-0.05, 0) is 6.08 Å². The fraction of sp³-hybridized carbons (Fsp3) is 0.333. The lowest BCUT2D eigenvalue weighted by molar-refractivity contribution is -0.313. The van der Waals surface area contributed by atoms with Crippen LogP contribution in [0.1, 0.15) is 0 Å². The molecule has 0 aliphatic carbocycles. The molecule has 4 nitrogen and oxygen atoms in total. The van der Waals surface area contributed by atoms with Crippen molar-refractivity contribution in [1.82, 2.24) is 0 Å². The van der Waals surface area contributed by atoms with Crippen LogP contribution in [0.2, 0.25) is 0 Å². The van der Waals surface area contributed by atoms with E-state index in [2.05, 4.69) is 4.74 Å². The van der Waals surface area contributed by atoms with Gasteiger partial charge in [0, 0.05) is 6.08 Å². The molecule has 0 radical (unpaired) electrons. The molecule has 0 bridgehead atoms. The summed E-state index contributed by atoms with van der Waals surface area (Å²) in [7, 11) is 0. The van der Waals surface area contributed by atoms with Crippen LogP contribution in [-0.2, 0) is 14.3 Å². The van der Waals surface area contributed by atoms with Crippen LogP contribution in [-0.4, -0.2) is 24.2 Å². The summed E-state index contributed by atoms with van der Waals surface area (Å²) in [4.78, 5) is 20.2. The van der Waals surface area contributed by atoms with Gasteiger partial charge in [0.1, 0.15) is 0 Å². The third kappa shape index (κ3) is 1.54. The van der Waals surface area contributed by atoms with Gasteiger partial charge in [-0.2, -0.15) is 0 Å². The number of hydrogen-bond acceptors (Lipinski definition) is 4. The molecule has 2 atom stereocenters. The maximum atomic E-state index is 12.4. The molecule has 0 unspecified atom stereocenters. The smallest absolute Gasteiger partial charge is 0.331 e. The molecule has 1 aliphatic heterocycles. The Morgan fingerprint density at radius 2 is 2.45 bits per heavy atom. The SMILES string of the molecule is O=C1C=C[C@H]([C@@H](F)C(=O)[O-])O1. The number of carboxylic acids is 1. The van der Waals surface area contributed by atoms with E-state index in [0.717, 1.165) is 12.2 Å². The molecule has 5 heteroatoms. The molecular weight excluding hydrogens is 155 g/mol. The molecule has 0 fully saturated rings. The van der Waals surface area contributed by atoms with Crippen LogP contribution >= 0.6 is 0 Å². The maximum absolute atomic E-state index is 12.4. The van der Waals surface area contributed by atoms with Gasteiger partial charge in [0.05, 0.1) is 5.97 Å². The number of ether oxygens (including phenoxy) is 1. The molecule has 0 amide bonds. The predicted molar refractivity (Wildman–Crippen MR) is 28.9 cm³/mol. The van der Waals surface area contributed by atoms with Crippen LogP contribution in [0.4, 0.5) is 4.39 Å². The molecule has 11 heavy (non-hydrogen) atoms. The largest absolute Gasteiger partial charge is 0.547 e. The summed E-state index contributed by atoms with van der Waals surface area (Å²) in [5, 5.41) is 9.88. The number of esters is 1. The first-order valence-electron chi connectivity index (χ1n) is 2.85. The number of carbonyl (C=O) groups is 2. The maximum Gasteiger partial charge on any atom is 0.331 e. The number of hydrogen-bond donors (Lipinski definition) is 0. The van der Waals surface area contributed by atoms with Crippen LogP contribution in [0, 0.1) is 0 Å². The van der Waals surface area contributed by atoms with Gasteiger partial charge >= 0.3 is 5.97 Å². The van der Waals surface area contributed by atoms with Crippen molar-refractivity contribution in [1.29, 1.82) is 0 Å². The summed E-state index contributed by atoms with van der Waals surface area (Å²) in [6.07, 6.45) is -1.59. The summed E-state index contributed by atoms with van der Waals surface area (Å²) in [6.45, 7) is 0. The molecular formula is C6H4FO4-. The number of carboxylic acid groups (broad SMARTS) is 1. The van der Waals surface area contributed by atoms with Gasteiger partial charge in [0.2, 0.25) is 0 Å². The van der Waals surface area contributed by atoms with Crippen molar-refractivity contribution >= 4 is 11.9 Å². The predicted octanol–water partition coefficient (Wildman–Crippen LogP) is -1.44. The minimum Gasteiger partial charge on any atom is -0.547 e. The molecule has 0 spiro atoms. The quantitative estimate of drug-likeness (QED) is 0.462. The molecule has 60 valence electrons. The lowest BCUT2D eigenvalue weighted by Gasteiger charge is -2.13. The summed E-state index contributed by atoms with van der Waals surface area (Å²) in [5.74, 6) is -2.62. The lowest BCUT2D eigenvalue weighted by atomic mass is 10.2. The Hall–Kier alpha value is -1.39. The Morgan fingerprint density at radius 1 is 1.82 bits per heavy atom. The molecule has 0 saturated carbocycles. The molecule has 0 saturated heterocycles. The normalized spacial score (nSPS) is 24.8. The molecule has 0 N–H and O–H groups in total. The second kappa shape index (κ2) is 2.69. The highest BCUT2D eigenvalue weighted by molar-refractivity contribution is 5.85. The number of halogens is 1. The van der Waals surface area contributed by atoms with Crippen molar-refractivity contribution < 1.29 is 23.8 Å². The molecule has 1 rings (SSSR count). The van der Waals surface area contributed by atoms with Crippen molar-refractivity contribution in [3.8, 4) is 0 Å². The summed E-state index contributed by atoms with van der Waals surface area (Å²) >= 11 is 0. The van der Waals surface area contributed by atoms with Crippen LogP contribution in [0.5, 0.6) is 0 Å².